The van der Waals surface area contributed by atoms with Crippen LogP contribution in [0.1, 0.15) is 459 Å². The average molecular weight is 1540 g/mol. The minimum atomic E-state index is -4.97. The zero-order valence-electron chi connectivity index (χ0n) is 69.0. The van der Waals surface area contributed by atoms with Crippen LogP contribution in [0.15, 0.2) is 0 Å². The summed E-state index contributed by atoms with van der Waals surface area (Å²) in [6.07, 6.45) is 69.4. The minimum absolute atomic E-state index is 0.108. The predicted molar refractivity (Wildman–Crippen MR) is 432 cm³/mol. The first-order valence-corrected chi connectivity index (χ1v) is 47.5. The number of ether oxygens (including phenoxy) is 4. The van der Waals surface area contributed by atoms with E-state index in [-0.39, 0.29) is 25.7 Å². The molecule has 0 aromatic carbocycles. The maximum atomic E-state index is 13.1. The molecular formula is C86H168O17P2. The van der Waals surface area contributed by atoms with Gasteiger partial charge in [-0.2, -0.15) is 0 Å². The number of carbonyl (C=O) groups excluding carboxylic acids is 4. The van der Waals surface area contributed by atoms with Gasteiger partial charge in [0, 0.05) is 25.7 Å². The summed E-state index contributed by atoms with van der Waals surface area (Å²) in [6.45, 7) is 9.67. The van der Waals surface area contributed by atoms with Crippen molar-refractivity contribution in [3.63, 3.8) is 0 Å². The Morgan fingerprint density at radius 1 is 0.257 bits per heavy atom. The number of aliphatic hydroxyl groups excluding tert-OH is 1. The molecule has 2 unspecified atom stereocenters. The average Bonchev–Trinajstić information content (AvgIpc) is 0.910. The molecule has 0 rings (SSSR count). The van der Waals surface area contributed by atoms with E-state index < -0.39 is 97.5 Å². The van der Waals surface area contributed by atoms with Crippen LogP contribution in [0.3, 0.4) is 0 Å². The molecule has 19 heteroatoms. The van der Waals surface area contributed by atoms with Crippen LogP contribution in [-0.4, -0.2) is 96.7 Å². The van der Waals surface area contributed by atoms with Crippen LogP contribution in [0, 0.1) is 11.8 Å². The molecule has 17 nitrogen and oxygen atoms in total. The highest BCUT2D eigenvalue weighted by Gasteiger charge is 2.30. The molecule has 0 amide bonds. The second-order valence-corrected chi connectivity index (χ2v) is 34.8. The van der Waals surface area contributed by atoms with Gasteiger partial charge in [0.2, 0.25) is 0 Å². The molecule has 0 aliphatic rings. The Morgan fingerprint density at radius 3 is 0.648 bits per heavy atom. The molecule has 0 fully saturated rings. The molecule has 105 heavy (non-hydrogen) atoms. The number of aliphatic hydroxyl groups is 1. The van der Waals surface area contributed by atoms with Gasteiger partial charge in [0.05, 0.1) is 26.4 Å². The number of phosphoric ester groups is 2. The smallest absolute Gasteiger partial charge is 0.462 e. The van der Waals surface area contributed by atoms with Crippen molar-refractivity contribution in [3.8, 4) is 0 Å². The van der Waals surface area contributed by atoms with Crippen LogP contribution in [-0.2, 0) is 65.4 Å². The third kappa shape index (κ3) is 79.9. The van der Waals surface area contributed by atoms with Crippen LogP contribution in [0.5, 0.6) is 0 Å². The number of unbranched alkanes of at least 4 members (excludes halogenated alkanes) is 55. The molecule has 0 saturated carbocycles. The molecule has 0 saturated heterocycles. The normalized spacial score (nSPS) is 13.8. The first kappa shape index (κ1) is 103. The maximum Gasteiger partial charge on any atom is 0.472 e. The van der Waals surface area contributed by atoms with Crippen LogP contribution in [0.4, 0.5) is 0 Å². The van der Waals surface area contributed by atoms with Crippen LogP contribution in [0.2, 0.25) is 0 Å². The van der Waals surface area contributed by atoms with Gasteiger partial charge in [-0.25, -0.2) is 9.13 Å². The standard InChI is InChI=1S/C86H168O17P2/c1-7-9-11-13-15-17-19-21-23-25-26-27-28-29-31-35-40-46-53-59-65-71-85(90)102-81(74-96-83(88)68-62-56-50-44-38-36-32-33-37-42-48-54-60-66-78(3)4)76-100-104(92,93)98-72-80(87)73-99-105(94,95)101-77-82(75-97-84(89)69-63-57-51-47-41-43-49-55-61-67-79(5)6)103-86(91)70-64-58-52-45-39-34-30-24-22-20-18-16-14-12-10-8-2/h78-82,87H,7-77H2,1-6H3,(H,92,93)(H,94,95)/t80-,81-,82-/m1/s1. The number of hydrogen-bond acceptors (Lipinski definition) is 15. The van der Waals surface area contributed by atoms with E-state index >= 15 is 0 Å². The fourth-order valence-corrected chi connectivity index (χ4v) is 15.0. The highest BCUT2D eigenvalue weighted by Crippen LogP contribution is 2.45. The van der Waals surface area contributed by atoms with E-state index in [4.69, 9.17) is 37.0 Å². The van der Waals surface area contributed by atoms with Gasteiger partial charge in [0.15, 0.2) is 12.2 Å². The van der Waals surface area contributed by atoms with Crippen molar-refractivity contribution >= 4 is 39.5 Å². The SMILES string of the molecule is CCCCCCCCCCCCCCCCCCCCCCCC(=O)O[C@H](COC(=O)CCCCCCCCCCCCCCCC(C)C)COP(=O)(O)OC[C@@H](O)COP(=O)(O)OC[C@@H](COC(=O)CCCCCCCCCCCC(C)C)OC(=O)CCCCCCCCCCCCCCCCCC. The number of hydrogen-bond donors (Lipinski definition) is 3. The quantitative estimate of drug-likeness (QED) is 0.0222. The van der Waals surface area contributed by atoms with Crippen LogP contribution >= 0.6 is 15.6 Å². The zero-order chi connectivity index (χ0) is 77.1. The van der Waals surface area contributed by atoms with Crippen molar-refractivity contribution in [2.45, 2.75) is 477 Å². The summed E-state index contributed by atoms with van der Waals surface area (Å²) in [6, 6.07) is 0. The van der Waals surface area contributed by atoms with Gasteiger partial charge in [-0.3, -0.25) is 37.3 Å². The summed E-state index contributed by atoms with van der Waals surface area (Å²) in [4.78, 5) is 73.2. The summed E-state index contributed by atoms with van der Waals surface area (Å²) in [5.41, 5.74) is 0. The van der Waals surface area contributed by atoms with Gasteiger partial charge >= 0.3 is 39.5 Å². The van der Waals surface area contributed by atoms with E-state index in [0.717, 1.165) is 102 Å². The maximum absolute atomic E-state index is 13.1. The lowest BCUT2D eigenvalue weighted by Crippen LogP contribution is -2.30. The Kier molecular flexibility index (Phi) is 76.0. The molecule has 0 heterocycles. The van der Waals surface area contributed by atoms with E-state index in [1.54, 1.807) is 0 Å². The van der Waals surface area contributed by atoms with E-state index in [1.807, 2.05) is 0 Å². The summed E-state index contributed by atoms with van der Waals surface area (Å²) in [7, 11) is -9.93. The van der Waals surface area contributed by atoms with E-state index in [1.165, 1.54) is 276 Å². The topological polar surface area (TPSA) is 237 Å². The summed E-state index contributed by atoms with van der Waals surface area (Å²) >= 11 is 0. The van der Waals surface area contributed by atoms with Gasteiger partial charge in [-0.15, -0.1) is 0 Å². The third-order valence-electron chi connectivity index (χ3n) is 20.2. The van der Waals surface area contributed by atoms with E-state index in [0.29, 0.717) is 25.7 Å². The molecule has 0 spiro atoms. The number of phosphoric acid groups is 2. The Bertz CT molecular complexity index is 2010. The van der Waals surface area contributed by atoms with Gasteiger partial charge in [-0.05, 0) is 37.5 Å². The number of rotatable bonds is 85. The zero-order valence-corrected chi connectivity index (χ0v) is 70.8. The molecule has 0 bridgehead atoms. The fraction of sp³-hybridized carbons (Fsp3) is 0.953. The highest BCUT2D eigenvalue weighted by molar-refractivity contribution is 7.47. The van der Waals surface area contributed by atoms with Crippen molar-refractivity contribution in [3.05, 3.63) is 0 Å². The molecule has 0 aromatic heterocycles. The summed E-state index contributed by atoms with van der Waals surface area (Å²) < 4.78 is 68.9. The Balaban J connectivity index is 5.25. The molecule has 0 aliphatic carbocycles. The number of esters is 4. The minimum Gasteiger partial charge on any atom is -0.462 e. The molecule has 624 valence electrons. The molecule has 5 atom stereocenters. The monoisotopic (exact) mass is 1540 g/mol. The largest absolute Gasteiger partial charge is 0.472 e. The Hall–Kier alpha value is -1.94. The Labute approximate surface area is 645 Å². The summed E-state index contributed by atoms with van der Waals surface area (Å²) in [5, 5.41) is 10.7. The van der Waals surface area contributed by atoms with Crippen molar-refractivity contribution < 1.29 is 80.2 Å². The third-order valence-corrected chi connectivity index (χ3v) is 22.1. The molecule has 0 aromatic rings. The lowest BCUT2D eigenvalue weighted by Gasteiger charge is -2.21. The highest BCUT2D eigenvalue weighted by atomic mass is 31.2. The van der Waals surface area contributed by atoms with E-state index in [9.17, 15) is 43.2 Å². The lowest BCUT2D eigenvalue weighted by molar-refractivity contribution is -0.161. The second kappa shape index (κ2) is 77.4. The molecule has 0 aliphatic heterocycles. The van der Waals surface area contributed by atoms with Crippen molar-refractivity contribution in [2.24, 2.45) is 11.8 Å². The predicted octanol–water partition coefficient (Wildman–Crippen LogP) is 26.2. The van der Waals surface area contributed by atoms with Gasteiger partial charge in [-0.1, -0.05) is 408 Å². The van der Waals surface area contributed by atoms with E-state index in [2.05, 4.69) is 41.5 Å². The van der Waals surface area contributed by atoms with Crippen molar-refractivity contribution in [2.75, 3.05) is 39.6 Å². The second-order valence-electron chi connectivity index (χ2n) is 31.9. The summed E-state index contributed by atoms with van der Waals surface area (Å²) in [5.74, 6) is -0.567. The van der Waals surface area contributed by atoms with Crippen LogP contribution in [0.25, 0.3) is 0 Å². The number of carbonyl (C=O) groups is 4. The molecule has 0 radical (unpaired) electrons. The molecular weight excluding hydrogens is 1370 g/mol. The lowest BCUT2D eigenvalue weighted by atomic mass is 10.0. The van der Waals surface area contributed by atoms with Crippen molar-refractivity contribution in [1.29, 1.82) is 0 Å². The van der Waals surface area contributed by atoms with Gasteiger partial charge < -0.3 is 33.8 Å². The Morgan fingerprint density at radius 2 is 0.438 bits per heavy atom. The van der Waals surface area contributed by atoms with Gasteiger partial charge in [0.25, 0.3) is 0 Å². The van der Waals surface area contributed by atoms with Crippen LogP contribution < -0.4 is 0 Å². The van der Waals surface area contributed by atoms with Gasteiger partial charge in [0.1, 0.15) is 19.3 Å². The fourth-order valence-electron chi connectivity index (χ4n) is 13.4. The molecule has 3 N–H and O–H groups in total. The first-order chi connectivity index (χ1) is 50.9. The first-order valence-electron chi connectivity index (χ1n) is 44.5. The van der Waals surface area contributed by atoms with Crippen molar-refractivity contribution in [1.82, 2.24) is 0 Å².